The molecule has 3 nitrogen and oxygen atoms in total. The summed E-state index contributed by atoms with van der Waals surface area (Å²) in [6.07, 6.45) is 1.88. The molecule has 0 saturated heterocycles. The Labute approximate surface area is 198 Å². The second-order valence-corrected chi connectivity index (χ2v) is 8.83. The van der Waals surface area contributed by atoms with Crippen LogP contribution in [0.4, 0.5) is 0 Å². The van der Waals surface area contributed by atoms with Gasteiger partial charge in [-0.3, -0.25) is 0 Å². The summed E-state index contributed by atoms with van der Waals surface area (Å²) >= 11 is 13.6. The van der Waals surface area contributed by atoms with E-state index in [1.54, 1.807) is 18.2 Å². The Bertz CT molecular complexity index is 1500. The van der Waals surface area contributed by atoms with Gasteiger partial charge in [0.25, 0.3) is 0 Å². The highest BCUT2D eigenvalue weighted by molar-refractivity contribution is 7.11. The molecule has 154 valence electrons. The van der Waals surface area contributed by atoms with Crippen LogP contribution >= 0.6 is 34.5 Å². The number of aromatic nitrogens is 1. The van der Waals surface area contributed by atoms with Gasteiger partial charge in [-0.25, -0.2) is 4.98 Å². The van der Waals surface area contributed by atoms with E-state index in [-0.39, 0.29) is 0 Å². The van der Waals surface area contributed by atoms with Crippen LogP contribution in [0, 0.1) is 11.3 Å². The van der Waals surface area contributed by atoms with E-state index in [4.69, 9.17) is 27.6 Å². The van der Waals surface area contributed by atoms with Crippen molar-refractivity contribution in [3.8, 4) is 28.8 Å². The van der Waals surface area contributed by atoms with Crippen LogP contribution in [0.3, 0.4) is 0 Å². The minimum Gasteiger partial charge on any atom is -0.454 e. The molecule has 0 amide bonds. The van der Waals surface area contributed by atoms with E-state index in [2.05, 4.69) is 29.3 Å². The van der Waals surface area contributed by atoms with Crippen molar-refractivity contribution in [2.24, 2.45) is 0 Å². The second-order valence-electron chi connectivity index (χ2n) is 7.10. The lowest BCUT2D eigenvalue weighted by Crippen LogP contribution is -1.83. The minimum absolute atomic E-state index is 0.506. The van der Waals surface area contributed by atoms with Crippen molar-refractivity contribution in [2.75, 3.05) is 0 Å². The predicted molar refractivity (Wildman–Crippen MR) is 133 cm³/mol. The quantitative estimate of drug-likeness (QED) is 0.246. The molecule has 0 fully saturated rings. The number of hydrogen-bond donors (Lipinski definition) is 0. The molecule has 0 atom stereocenters. The Morgan fingerprint density at radius 2 is 1.69 bits per heavy atom. The van der Waals surface area contributed by atoms with Crippen molar-refractivity contribution in [1.29, 1.82) is 5.26 Å². The van der Waals surface area contributed by atoms with Crippen LogP contribution in [-0.4, -0.2) is 4.98 Å². The number of nitrogens with zero attached hydrogens (tertiary/aromatic N) is 2. The van der Waals surface area contributed by atoms with Gasteiger partial charge in [-0.15, -0.1) is 11.3 Å². The van der Waals surface area contributed by atoms with Gasteiger partial charge >= 0.3 is 0 Å². The monoisotopic (exact) mass is 472 g/mol. The van der Waals surface area contributed by atoms with Crippen LogP contribution in [0.1, 0.15) is 10.6 Å². The Morgan fingerprint density at radius 3 is 2.50 bits per heavy atom. The second kappa shape index (κ2) is 8.64. The molecule has 2 aromatic heterocycles. The highest BCUT2D eigenvalue weighted by Gasteiger charge is 2.14. The van der Waals surface area contributed by atoms with Crippen LogP contribution in [0.5, 0.6) is 0 Å². The molecule has 5 rings (SSSR count). The molecule has 0 N–H and O–H groups in total. The van der Waals surface area contributed by atoms with E-state index in [0.29, 0.717) is 37.8 Å². The summed E-state index contributed by atoms with van der Waals surface area (Å²) in [5.41, 5.74) is 2.95. The molecule has 5 aromatic rings. The lowest BCUT2D eigenvalue weighted by atomic mass is 10.0. The number of thiazole rings is 1. The van der Waals surface area contributed by atoms with Crippen molar-refractivity contribution in [3.05, 3.63) is 98.8 Å². The molecule has 32 heavy (non-hydrogen) atoms. The molecule has 0 saturated carbocycles. The van der Waals surface area contributed by atoms with Crippen molar-refractivity contribution in [1.82, 2.24) is 4.98 Å². The van der Waals surface area contributed by atoms with Crippen molar-refractivity contribution >= 4 is 57.0 Å². The Morgan fingerprint density at radius 1 is 0.938 bits per heavy atom. The molecule has 0 bridgehead atoms. The fourth-order valence-corrected chi connectivity index (χ4v) is 4.81. The topological polar surface area (TPSA) is 49.8 Å². The third-order valence-electron chi connectivity index (χ3n) is 4.98. The van der Waals surface area contributed by atoms with Gasteiger partial charge in [-0.2, -0.15) is 5.26 Å². The first kappa shape index (κ1) is 20.5. The fraction of sp³-hybridized carbons (Fsp3) is 0. The largest absolute Gasteiger partial charge is 0.454 e. The van der Waals surface area contributed by atoms with Gasteiger partial charge in [0.1, 0.15) is 22.5 Å². The molecule has 0 radical (unpaired) electrons. The summed E-state index contributed by atoms with van der Waals surface area (Å²) in [6.45, 7) is 0. The average molecular weight is 473 g/mol. The number of nitriles is 1. The summed E-state index contributed by atoms with van der Waals surface area (Å²) in [5, 5.41) is 15.6. The van der Waals surface area contributed by atoms with E-state index < -0.39 is 0 Å². The smallest absolute Gasteiger partial charge is 0.154 e. The highest BCUT2D eigenvalue weighted by atomic mass is 35.5. The van der Waals surface area contributed by atoms with Crippen LogP contribution < -0.4 is 0 Å². The number of halogens is 2. The number of benzene rings is 3. The molecule has 0 spiro atoms. The molecule has 6 heteroatoms. The van der Waals surface area contributed by atoms with E-state index >= 15 is 0 Å². The van der Waals surface area contributed by atoms with Gasteiger partial charge in [0, 0.05) is 21.0 Å². The first-order valence-corrected chi connectivity index (χ1v) is 11.4. The first-order valence-electron chi connectivity index (χ1n) is 9.73. The zero-order chi connectivity index (χ0) is 22.1. The lowest BCUT2D eigenvalue weighted by molar-refractivity contribution is 0.595. The SMILES string of the molecule is N#CC(=Cc1cccc2ccccc12)c1nc(-c2ccc(-c3cc(Cl)cc(Cl)c3)o2)cs1. The van der Waals surface area contributed by atoms with Crippen LogP contribution in [-0.2, 0) is 0 Å². The molecular weight excluding hydrogens is 459 g/mol. The fourth-order valence-electron chi connectivity index (χ4n) is 3.51. The molecule has 0 unspecified atom stereocenters. The van der Waals surface area contributed by atoms with E-state index in [1.165, 1.54) is 11.3 Å². The maximum atomic E-state index is 9.80. The number of fused-ring (bicyclic) bond motifs is 1. The zero-order valence-electron chi connectivity index (χ0n) is 16.5. The standard InChI is InChI=1S/C26H14Cl2N2OS/c27-20-11-18(12-21(28)13-20)24-8-9-25(31-24)23-15-32-26(30-23)19(14-29)10-17-6-3-5-16-4-1-2-7-22(16)17/h1-13,15H. The molecule has 0 aliphatic heterocycles. The Hall–Kier alpha value is -3.36. The third-order valence-corrected chi connectivity index (χ3v) is 6.30. The zero-order valence-corrected chi connectivity index (χ0v) is 18.9. The van der Waals surface area contributed by atoms with Gasteiger partial charge in [-0.1, -0.05) is 65.7 Å². The number of rotatable bonds is 4. The average Bonchev–Trinajstić information content (AvgIpc) is 3.47. The third kappa shape index (κ3) is 4.06. The van der Waals surface area contributed by atoms with E-state index in [1.807, 2.05) is 47.9 Å². The van der Waals surface area contributed by atoms with Crippen LogP contribution in [0.15, 0.2) is 82.6 Å². The van der Waals surface area contributed by atoms with Gasteiger partial charge in [0.15, 0.2) is 5.76 Å². The molecule has 0 aliphatic rings. The summed E-state index contributed by atoms with van der Waals surface area (Å²) in [6, 6.07) is 25.4. The molecule has 2 heterocycles. The normalized spacial score (nSPS) is 11.6. The van der Waals surface area contributed by atoms with Crippen molar-refractivity contribution < 1.29 is 4.42 Å². The number of hydrogen-bond acceptors (Lipinski definition) is 4. The lowest BCUT2D eigenvalue weighted by Gasteiger charge is -2.02. The molecule has 0 aliphatic carbocycles. The van der Waals surface area contributed by atoms with Crippen molar-refractivity contribution in [2.45, 2.75) is 0 Å². The Kier molecular flexibility index (Phi) is 5.55. The Balaban J connectivity index is 1.48. The first-order chi connectivity index (χ1) is 15.6. The van der Waals surface area contributed by atoms with E-state index in [0.717, 1.165) is 21.9 Å². The highest BCUT2D eigenvalue weighted by Crippen LogP contribution is 2.34. The van der Waals surface area contributed by atoms with E-state index in [9.17, 15) is 5.26 Å². The van der Waals surface area contributed by atoms with Crippen LogP contribution in [0.2, 0.25) is 10.0 Å². The van der Waals surface area contributed by atoms with Crippen LogP contribution in [0.25, 0.3) is 45.2 Å². The maximum Gasteiger partial charge on any atom is 0.154 e. The maximum absolute atomic E-state index is 9.80. The summed E-state index contributed by atoms with van der Waals surface area (Å²) in [7, 11) is 0. The molecule has 3 aromatic carbocycles. The van der Waals surface area contributed by atoms with Gasteiger partial charge in [-0.05, 0) is 52.7 Å². The summed E-state index contributed by atoms with van der Waals surface area (Å²) in [4.78, 5) is 4.65. The summed E-state index contributed by atoms with van der Waals surface area (Å²) < 4.78 is 5.99. The van der Waals surface area contributed by atoms with Gasteiger partial charge in [0.2, 0.25) is 0 Å². The summed E-state index contributed by atoms with van der Waals surface area (Å²) in [5.74, 6) is 1.26. The predicted octanol–water partition coefficient (Wildman–Crippen LogP) is 8.59. The van der Waals surface area contributed by atoms with Gasteiger partial charge < -0.3 is 4.42 Å². The van der Waals surface area contributed by atoms with Crippen molar-refractivity contribution in [3.63, 3.8) is 0 Å². The minimum atomic E-state index is 0.506. The number of allylic oxidation sites excluding steroid dienone is 1. The molecular formula is C26H14Cl2N2OS. The number of furan rings is 1. The van der Waals surface area contributed by atoms with Gasteiger partial charge in [0.05, 0.1) is 5.57 Å².